The molecule has 1 fully saturated rings. The normalized spacial score (nSPS) is 21.7. The third-order valence-corrected chi connectivity index (χ3v) is 4.99. The summed E-state index contributed by atoms with van der Waals surface area (Å²) in [6.07, 6.45) is 2.53. The molecule has 0 aliphatic carbocycles. The number of hydrogen-bond donors (Lipinski definition) is 1. The molecule has 0 bridgehead atoms. The summed E-state index contributed by atoms with van der Waals surface area (Å²) in [5, 5.41) is 3.50. The number of halogens is 1. The topological polar surface area (TPSA) is 15.3 Å². The zero-order valence-corrected chi connectivity index (χ0v) is 12.8. The van der Waals surface area contributed by atoms with Gasteiger partial charge in [0.15, 0.2) is 0 Å². The molecule has 0 aromatic heterocycles. The van der Waals surface area contributed by atoms with E-state index in [2.05, 4.69) is 58.2 Å². The van der Waals surface area contributed by atoms with Gasteiger partial charge in [0.25, 0.3) is 0 Å². The molecule has 0 saturated carbocycles. The van der Waals surface area contributed by atoms with Gasteiger partial charge in [0.1, 0.15) is 0 Å². The third kappa shape index (κ3) is 1.88. The molecule has 0 radical (unpaired) electrons. The van der Waals surface area contributed by atoms with Crippen LogP contribution < -0.4 is 10.2 Å². The van der Waals surface area contributed by atoms with E-state index < -0.39 is 0 Å². The van der Waals surface area contributed by atoms with Crippen LogP contribution in [0.5, 0.6) is 0 Å². The Bertz CT molecular complexity index is 450. The van der Waals surface area contributed by atoms with E-state index in [-0.39, 0.29) is 0 Å². The number of anilines is 1. The van der Waals surface area contributed by atoms with E-state index in [4.69, 9.17) is 0 Å². The molecule has 18 heavy (non-hydrogen) atoms. The molecule has 2 aliphatic heterocycles. The summed E-state index contributed by atoms with van der Waals surface area (Å²) in [6.45, 7) is 8.09. The van der Waals surface area contributed by atoms with Crippen LogP contribution in [-0.2, 0) is 5.41 Å². The van der Waals surface area contributed by atoms with Crippen molar-refractivity contribution in [3.8, 4) is 0 Å². The van der Waals surface area contributed by atoms with Gasteiger partial charge in [0.05, 0.1) is 0 Å². The van der Waals surface area contributed by atoms with Gasteiger partial charge in [-0.1, -0.05) is 15.9 Å². The fourth-order valence-corrected chi connectivity index (χ4v) is 3.83. The van der Waals surface area contributed by atoms with Crippen LogP contribution in [0.2, 0.25) is 0 Å². The molecule has 0 amide bonds. The van der Waals surface area contributed by atoms with E-state index in [9.17, 15) is 0 Å². The van der Waals surface area contributed by atoms with Gasteiger partial charge in [-0.15, -0.1) is 0 Å². The van der Waals surface area contributed by atoms with Crippen molar-refractivity contribution in [1.29, 1.82) is 0 Å². The Hall–Kier alpha value is -0.540. The Kier molecular flexibility index (Phi) is 3.15. The van der Waals surface area contributed by atoms with Crippen molar-refractivity contribution in [2.45, 2.75) is 38.1 Å². The smallest absolute Gasteiger partial charge is 0.0408 e. The lowest BCUT2D eigenvalue weighted by Crippen LogP contribution is -2.44. The molecule has 3 heteroatoms. The number of benzene rings is 1. The average molecular weight is 309 g/mol. The molecule has 0 atom stereocenters. The largest absolute Gasteiger partial charge is 0.368 e. The Morgan fingerprint density at radius 2 is 2.00 bits per heavy atom. The minimum Gasteiger partial charge on any atom is -0.368 e. The first-order valence-electron chi connectivity index (χ1n) is 6.90. The van der Waals surface area contributed by atoms with Gasteiger partial charge in [-0.2, -0.15) is 0 Å². The molecule has 98 valence electrons. The SMILES string of the molecule is CC(C)N1CC2(CCNCC2)c2cc(Br)ccc21. The zero-order chi connectivity index (χ0) is 12.8. The second kappa shape index (κ2) is 4.53. The second-order valence-electron chi connectivity index (χ2n) is 5.91. The number of rotatable bonds is 1. The van der Waals surface area contributed by atoms with Crippen LogP contribution in [-0.4, -0.2) is 25.7 Å². The minimum atomic E-state index is 0.384. The molecule has 1 saturated heterocycles. The van der Waals surface area contributed by atoms with Crippen LogP contribution in [0.1, 0.15) is 32.3 Å². The molecule has 0 unspecified atom stereocenters. The summed E-state index contributed by atoms with van der Waals surface area (Å²) < 4.78 is 1.21. The van der Waals surface area contributed by atoms with E-state index in [1.165, 1.54) is 29.5 Å². The quantitative estimate of drug-likeness (QED) is 0.856. The van der Waals surface area contributed by atoms with E-state index in [1.54, 1.807) is 5.56 Å². The van der Waals surface area contributed by atoms with Crippen molar-refractivity contribution in [2.75, 3.05) is 24.5 Å². The molecule has 2 aliphatic rings. The van der Waals surface area contributed by atoms with Crippen LogP contribution in [0.25, 0.3) is 0 Å². The maximum Gasteiger partial charge on any atom is 0.0408 e. The maximum atomic E-state index is 3.64. The molecule has 2 heterocycles. The number of nitrogens with zero attached hydrogens (tertiary/aromatic N) is 1. The number of fused-ring (bicyclic) bond motifs is 2. The van der Waals surface area contributed by atoms with Gasteiger partial charge in [0.2, 0.25) is 0 Å². The summed E-state index contributed by atoms with van der Waals surface area (Å²) in [4.78, 5) is 2.58. The molecule has 1 N–H and O–H groups in total. The Labute approximate surface area is 118 Å². The highest BCUT2D eigenvalue weighted by molar-refractivity contribution is 9.10. The summed E-state index contributed by atoms with van der Waals surface area (Å²) in [5.41, 5.74) is 3.40. The summed E-state index contributed by atoms with van der Waals surface area (Å²) in [5.74, 6) is 0. The highest BCUT2D eigenvalue weighted by Gasteiger charge is 2.43. The molecule has 1 spiro atoms. The second-order valence-corrected chi connectivity index (χ2v) is 6.83. The molecular weight excluding hydrogens is 288 g/mol. The predicted octanol–water partition coefficient (Wildman–Crippen LogP) is 3.30. The van der Waals surface area contributed by atoms with E-state index in [1.807, 2.05) is 0 Å². The van der Waals surface area contributed by atoms with Crippen LogP contribution >= 0.6 is 15.9 Å². The lowest BCUT2D eigenvalue weighted by Gasteiger charge is -2.35. The average Bonchev–Trinajstić information content (AvgIpc) is 2.65. The van der Waals surface area contributed by atoms with E-state index >= 15 is 0 Å². The number of piperidine rings is 1. The Morgan fingerprint density at radius 3 is 2.67 bits per heavy atom. The first kappa shape index (κ1) is 12.5. The van der Waals surface area contributed by atoms with Crippen LogP contribution in [0.15, 0.2) is 22.7 Å². The monoisotopic (exact) mass is 308 g/mol. The van der Waals surface area contributed by atoms with Crippen molar-refractivity contribution in [2.24, 2.45) is 0 Å². The van der Waals surface area contributed by atoms with Gasteiger partial charge in [-0.25, -0.2) is 0 Å². The molecule has 3 rings (SSSR count). The fraction of sp³-hybridized carbons (Fsp3) is 0.600. The fourth-order valence-electron chi connectivity index (χ4n) is 3.47. The van der Waals surface area contributed by atoms with E-state index in [0.29, 0.717) is 11.5 Å². The first-order chi connectivity index (χ1) is 8.62. The third-order valence-electron chi connectivity index (χ3n) is 4.50. The molecular formula is C15H21BrN2. The van der Waals surface area contributed by atoms with Gasteiger partial charge in [0, 0.05) is 28.2 Å². The molecule has 1 aromatic carbocycles. The lowest BCUT2D eigenvalue weighted by atomic mass is 9.75. The summed E-state index contributed by atoms with van der Waals surface area (Å²) in [6, 6.07) is 7.40. The summed E-state index contributed by atoms with van der Waals surface area (Å²) in [7, 11) is 0. The first-order valence-corrected chi connectivity index (χ1v) is 7.69. The van der Waals surface area contributed by atoms with Crippen molar-refractivity contribution in [3.05, 3.63) is 28.2 Å². The Morgan fingerprint density at radius 1 is 1.28 bits per heavy atom. The van der Waals surface area contributed by atoms with Gasteiger partial charge in [-0.05, 0) is 63.5 Å². The van der Waals surface area contributed by atoms with E-state index in [0.717, 1.165) is 13.1 Å². The van der Waals surface area contributed by atoms with Crippen LogP contribution in [0.4, 0.5) is 5.69 Å². The van der Waals surface area contributed by atoms with Crippen molar-refractivity contribution in [3.63, 3.8) is 0 Å². The Balaban J connectivity index is 2.07. The molecule has 2 nitrogen and oxygen atoms in total. The number of nitrogens with one attached hydrogen (secondary N) is 1. The van der Waals surface area contributed by atoms with Gasteiger partial charge in [-0.3, -0.25) is 0 Å². The van der Waals surface area contributed by atoms with Crippen molar-refractivity contribution in [1.82, 2.24) is 5.32 Å². The van der Waals surface area contributed by atoms with Crippen LogP contribution in [0.3, 0.4) is 0 Å². The van der Waals surface area contributed by atoms with Gasteiger partial charge >= 0.3 is 0 Å². The summed E-state index contributed by atoms with van der Waals surface area (Å²) >= 11 is 3.64. The maximum absolute atomic E-state index is 3.64. The minimum absolute atomic E-state index is 0.384. The standard InChI is InChI=1S/C15H21BrN2/c1-11(2)18-10-15(5-7-17-8-6-15)13-9-12(16)3-4-14(13)18/h3-4,9,11,17H,5-8,10H2,1-2H3. The highest BCUT2D eigenvalue weighted by atomic mass is 79.9. The zero-order valence-electron chi connectivity index (χ0n) is 11.2. The van der Waals surface area contributed by atoms with Crippen molar-refractivity contribution >= 4 is 21.6 Å². The lowest BCUT2D eigenvalue weighted by molar-refractivity contribution is 0.322. The highest BCUT2D eigenvalue weighted by Crippen LogP contribution is 2.47. The van der Waals surface area contributed by atoms with Crippen LogP contribution in [0, 0.1) is 0 Å². The predicted molar refractivity (Wildman–Crippen MR) is 80.4 cm³/mol. The van der Waals surface area contributed by atoms with Crippen molar-refractivity contribution < 1.29 is 0 Å². The molecule has 1 aromatic rings. The number of hydrogen-bond acceptors (Lipinski definition) is 2. The van der Waals surface area contributed by atoms with Gasteiger partial charge < -0.3 is 10.2 Å².